The number of aromatic nitrogens is 3. The minimum Gasteiger partial charge on any atom is -0.361 e. The van der Waals surface area contributed by atoms with E-state index < -0.39 is 0 Å². The minimum absolute atomic E-state index is 0.0629. The third-order valence-electron chi connectivity index (χ3n) is 4.46. The fraction of sp³-hybridized carbons (Fsp3) is 0.389. The first-order valence-electron chi connectivity index (χ1n) is 8.67. The van der Waals surface area contributed by atoms with E-state index in [1.54, 1.807) is 29.3 Å². The van der Waals surface area contributed by atoms with E-state index in [0.29, 0.717) is 43.3 Å². The second-order valence-corrected chi connectivity index (χ2v) is 7.50. The summed E-state index contributed by atoms with van der Waals surface area (Å²) in [6, 6.07) is 7.03. The molecule has 0 saturated carbocycles. The summed E-state index contributed by atoms with van der Waals surface area (Å²) in [5.74, 6) is 0.872. The first-order chi connectivity index (χ1) is 12.9. The van der Waals surface area contributed by atoms with Gasteiger partial charge in [0.2, 0.25) is 5.91 Å². The predicted molar refractivity (Wildman–Crippen MR) is 106 cm³/mol. The molecule has 2 aromatic rings. The Hall–Kier alpha value is -2.55. The van der Waals surface area contributed by atoms with Crippen LogP contribution < -0.4 is 10.2 Å². The zero-order valence-corrected chi connectivity index (χ0v) is 16.8. The van der Waals surface area contributed by atoms with Crippen molar-refractivity contribution in [3.8, 4) is 0 Å². The number of carbonyl (C=O) groups is 2. The Morgan fingerprint density at radius 2 is 1.89 bits per heavy atom. The summed E-state index contributed by atoms with van der Waals surface area (Å²) in [4.78, 5) is 32.7. The Balaban J connectivity index is 1.54. The van der Waals surface area contributed by atoms with E-state index >= 15 is 0 Å². The Labute approximate surface area is 166 Å². The molecule has 1 aliphatic heterocycles. The van der Waals surface area contributed by atoms with Crippen LogP contribution in [0.2, 0.25) is 0 Å². The molecule has 0 aliphatic carbocycles. The monoisotopic (exact) mass is 432 g/mol. The van der Waals surface area contributed by atoms with Crippen LogP contribution in [0.5, 0.6) is 0 Å². The fourth-order valence-corrected chi connectivity index (χ4v) is 3.10. The Morgan fingerprint density at radius 1 is 1.15 bits per heavy atom. The number of carbonyl (C=O) groups excluding carboxylic acids is 2. The molecule has 2 aromatic heterocycles. The lowest BCUT2D eigenvalue weighted by molar-refractivity contribution is -0.121. The fourth-order valence-electron chi connectivity index (χ4n) is 2.86. The van der Waals surface area contributed by atoms with E-state index in [-0.39, 0.29) is 17.7 Å². The van der Waals surface area contributed by atoms with Gasteiger partial charge in [0, 0.05) is 43.8 Å². The third kappa shape index (κ3) is 4.79. The molecular formula is C18H21BrN6O2. The van der Waals surface area contributed by atoms with Gasteiger partial charge in [-0.2, -0.15) is 0 Å². The van der Waals surface area contributed by atoms with Gasteiger partial charge in [0.25, 0.3) is 5.91 Å². The smallest absolute Gasteiger partial charge is 0.274 e. The number of piperidine rings is 1. The van der Waals surface area contributed by atoms with Crippen LogP contribution in [0.3, 0.4) is 0 Å². The number of anilines is 2. The molecule has 1 aliphatic rings. The summed E-state index contributed by atoms with van der Waals surface area (Å²) in [6.45, 7) is 1.03. The van der Waals surface area contributed by atoms with Crippen molar-refractivity contribution in [3.63, 3.8) is 0 Å². The van der Waals surface area contributed by atoms with E-state index in [1.807, 2.05) is 25.1 Å². The van der Waals surface area contributed by atoms with Gasteiger partial charge < -0.3 is 15.1 Å². The number of pyridine rings is 1. The van der Waals surface area contributed by atoms with Crippen molar-refractivity contribution in [2.45, 2.75) is 12.8 Å². The summed E-state index contributed by atoms with van der Waals surface area (Å²) in [6.07, 6.45) is 2.86. The van der Waals surface area contributed by atoms with Crippen molar-refractivity contribution in [1.29, 1.82) is 0 Å². The highest BCUT2D eigenvalue weighted by Gasteiger charge is 2.28. The van der Waals surface area contributed by atoms with E-state index in [1.165, 1.54) is 0 Å². The maximum atomic E-state index is 12.6. The molecule has 0 bridgehead atoms. The largest absolute Gasteiger partial charge is 0.361 e. The average Bonchev–Trinajstić information content (AvgIpc) is 2.69. The summed E-state index contributed by atoms with van der Waals surface area (Å²) in [7, 11) is 3.73. The first-order valence-corrected chi connectivity index (χ1v) is 9.46. The second kappa shape index (κ2) is 8.43. The molecule has 1 saturated heterocycles. The predicted octanol–water partition coefficient (Wildman–Crippen LogP) is 2.19. The van der Waals surface area contributed by atoms with Gasteiger partial charge in [-0.3, -0.25) is 9.59 Å². The molecule has 9 heteroatoms. The van der Waals surface area contributed by atoms with Crippen LogP contribution in [0.15, 0.2) is 34.9 Å². The number of nitrogens with zero attached hydrogens (tertiary/aromatic N) is 5. The number of halogens is 1. The average molecular weight is 433 g/mol. The zero-order valence-electron chi connectivity index (χ0n) is 15.2. The summed E-state index contributed by atoms with van der Waals surface area (Å²) in [5.41, 5.74) is 0.322. The number of rotatable bonds is 4. The van der Waals surface area contributed by atoms with Crippen molar-refractivity contribution in [2.75, 3.05) is 37.4 Å². The lowest BCUT2D eigenvalue weighted by Gasteiger charge is -2.31. The van der Waals surface area contributed by atoms with Gasteiger partial charge in [-0.15, -0.1) is 10.2 Å². The highest BCUT2D eigenvalue weighted by Crippen LogP contribution is 2.21. The highest BCUT2D eigenvalue weighted by atomic mass is 79.9. The van der Waals surface area contributed by atoms with Gasteiger partial charge in [0.1, 0.15) is 5.82 Å². The third-order valence-corrected chi connectivity index (χ3v) is 4.93. The molecule has 0 spiro atoms. The quantitative estimate of drug-likeness (QED) is 0.795. The van der Waals surface area contributed by atoms with Crippen LogP contribution in [0, 0.1) is 5.92 Å². The Bertz CT molecular complexity index is 802. The molecule has 3 heterocycles. The van der Waals surface area contributed by atoms with Crippen LogP contribution in [0.25, 0.3) is 0 Å². The van der Waals surface area contributed by atoms with Gasteiger partial charge in [-0.25, -0.2) is 4.98 Å². The van der Waals surface area contributed by atoms with Gasteiger partial charge in [0.15, 0.2) is 11.5 Å². The number of nitrogens with one attached hydrogen (secondary N) is 1. The summed E-state index contributed by atoms with van der Waals surface area (Å²) >= 11 is 3.31. The molecule has 27 heavy (non-hydrogen) atoms. The van der Waals surface area contributed by atoms with Crippen LogP contribution in [0.1, 0.15) is 23.3 Å². The number of hydrogen-bond acceptors (Lipinski definition) is 6. The molecule has 8 nitrogen and oxygen atoms in total. The van der Waals surface area contributed by atoms with Gasteiger partial charge in [0.05, 0.1) is 0 Å². The van der Waals surface area contributed by atoms with Crippen LogP contribution in [-0.4, -0.2) is 59.1 Å². The first kappa shape index (κ1) is 19.2. The van der Waals surface area contributed by atoms with Crippen molar-refractivity contribution >= 4 is 39.4 Å². The maximum Gasteiger partial charge on any atom is 0.274 e. The van der Waals surface area contributed by atoms with Crippen molar-refractivity contribution in [3.05, 3.63) is 40.6 Å². The normalized spacial score (nSPS) is 14.7. The standard InChI is InChI=1S/C18H21BrN6O2/c1-24(2)16-6-4-14(22-23-16)18(27)25-9-7-12(8-10-25)17(26)21-15-5-3-13(19)11-20-15/h3-6,11-12H,7-10H2,1-2H3,(H,20,21,26). The second-order valence-electron chi connectivity index (χ2n) is 6.59. The molecule has 0 atom stereocenters. The van der Waals surface area contributed by atoms with E-state index in [4.69, 9.17) is 0 Å². The molecule has 1 fully saturated rings. The summed E-state index contributed by atoms with van der Waals surface area (Å²) in [5, 5.41) is 10.9. The molecule has 0 unspecified atom stereocenters. The number of amides is 2. The van der Waals surface area contributed by atoms with E-state index in [9.17, 15) is 9.59 Å². The summed E-state index contributed by atoms with van der Waals surface area (Å²) < 4.78 is 0.856. The molecular weight excluding hydrogens is 412 g/mol. The molecule has 2 amide bonds. The highest BCUT2D eigenvalue weighted by molar-refractivity contribution is 9.10. The zero-order chi connectivity index (χ0) is 19.4. The molecule has 0 radical (unpaired) electrons. The van der Waals surface area contributed by atoms with Crippen LogP contribution >= 0.6 is 15.9 Å². The van der Waals surface area contributed by atoms with Gasteiger partial charge >= 0.3 is 0 Å². The van der Waals surface area contributed by atoms with Gasteiger partial charge in [-0.05, 0) is 53.0 Å². The van der Waals surface area contributed by atoms with Gasteiger partial charge in [-0.1, -0.05) is 0 Å². The van der Waals surface area contributed by atoms with Crippen molar-refractivity contribution in [2.24, 2.45) is 5.92 Å². The Kier molecular flexibility index (Phi) is 6.00. The lowest BCUT2D eigenvalue weighted by Crippen LogP contribution is -2.41. The SMILES string of the molecule is CN(C)c1ccc(C(=O)N2CCC(C(=O)Nc3ccc(Br)cn3)CC2)nn1. The van der Waals surface area contributed by atoms with E-state index in [0.717, 1.165) is 4.47 Å². The van der Waals surface area contributed by atoms with Crippen LogP contribution in [0.4, 0.5) is 11.6 Å². The lowest BCUT2D eigenvalue weighted by atomic mass is 9.95. The van der Waals surface area contributed by atoms with Crippen molar-refractivity contribution in [1.82, 2.24) is 20.1 Å². The minimum atomic E-state index is -0.152. The van der Waals surface area contributed by atoms with Crippen molar-refractivity contribution < 1.29 is 9.59 Å². The topological polar surface area (TPSA) is 91.3 Å². The molecule has 1 N–H and O–H groups in total. The molecule has 0 aromatic carbocycles. The molecule has 142 valence electrons. The van der Waals surface area contributed by atoms with Crippen LogP contribution in [-0.2, 0) is 4.79 Å². The number of likely N-dealkylation sites (tertiary alicyclic amines) is 1. The Morgan fingerprint density at radius 3 is 2.44 bits per heavy atom. The number of hydrogen-bond donors (Lipinski definition) is 1. The molecule has 3 rings (SSSR count). The maximum absolute atomic E-state index is 12.6. The van der Waals surface area contributed by atoms with E-state index in [2.05, 4.69) is 36.4 Å².